The molecule has 0 N–H and O–H groups in total. The van der Waals surface area contributed by atoms with Crippen molar-refractivity contribution in [2.45, 2.75) is 32.8 Å². The predicted octanol–water partition coefficient (Wildman–Crippen LogP) is 5.11. The number of anilines is 2. The summed E-state index contributed by atoms with van der Waals surface area (Å²) >= 11 is 0. The molecule has 0 spiro atoms. The van der Waals surface area contributed by atoms with Crippen LogP contribution in [0.15, 0.2) is 48.5 Å². The van der Waals surface area contributed by atoms with Crippen LogP contribution in [0.5, 0.6) is 5.75 Å². The Morgan fingerprint density at radius 1 is 0.963 bits per heavy atom. The van der Waals surface area contributed by atoms with Crippen molar-refractivity contribution >= 4 is 22.4 Å². The van der Waals surface area contributed by atoms with Gasteiger partial charge in [0, 0.05) is 24.7 Å². The summed E-state index contributed by atoms with van der Waals surface area (Å²) in [7, 11) is 3.69. The molecular formula is C22H27N3O2. The molecule has 0 saturated heterocycles. The summed E-state index contributed by atoms with van der Waals surface area (Å²) in [4.78, 5) is 11.5. The number of aromatic nitrogens is 2. The minimum absolute atomic E-state index is 0.429. The van der Waals surface area contributed by atoms with Crippen LogP contribution >= 0.6 is 0 Å². The van der Waals surface area contributed by atoms with Crippen LogP contribution in [-0.4, -0.2) is 30.7 Å². The van der Waals surface area contributed by atoms with Crippen LogP contribution in [0.4, 0.5) is 11.5 Å². The largest absolute Gasteiger partial charge is 0.497 e. The van der Waals surface area contributed by atoms with E-state index in [9.17, 15) is 0 Å². The molecule has 0 aliphatic rings. The van der Waals surface area contributed by atoms with E-state index in [1.807, 2.05) is 49.5 Å². The third-order valence-electron chi connectivity index (χ3n) is 4.53. The van der Waals surface area contributed by atoms with Crippen molar-refractivity contribution in [3.05, 3.63) is 54.4 Å². The molecule has 0 fully saturated rings. The van der Waals surface area contributed by atoms with Crippen LogP contribution in [0, 0.1) is 0 Å². The molecule has 5 heteroatoms. The Kier molecular flexibility index (Phi) is 6.60. The Bertz CT molecular complexity index is 865. The Hall–Kier alpha value is -2.66. The first-order valence-electron chi connectivity index (χ1n) is 9.44. The van der Waals surface area contributed by atoms with Crippen LogP contribution in [0.1, 0.15) is 32.0 Å². The minimum atomic E-state index is 0.429. The van der Waals surface area contributed by atoms with Gasteiger partial charge in [-0.2, -0.15) is 0 Å². The predicted molar refractivity (Wildman–Crippen MR) is 110 cm³/mol. The molecule has 0 radical (unpaired) electrons. The second-order valence-corrected chi connectivity index (χ2v) is 6.50. The fourth-order valence-corrected chi connectivity index (χ4v) is 2.97. The highest BCUT2D eigenvalue weighted by Gasteiger charge is 2.13. The first-order valence-corrected chi connectivity index (χ1v) is 9.44. The SMILES string of the molecule is CCCCCOCc1nc(N(C)c2ccc(OC)cc2)c2ccccc2n1. The van der Waals surface area contributed by atoms with Crippen molar-refractivity contribution in [3.8, 4) is 5.75 Å². The van der Waals surface area contributed by atoms with E-state index in [4.69, 9.17) is 14.5 Å². The van der Waals surface area contributed by atoms with E-state index in [2.05, 4.69) is 22.9 Å². The molecule has 2 aromatic carbocycles. The van der Waals surface area contributed by atoms with Gasteiger partial charge in [0.25, 0.3) is 0 Å². The van der Waals surface area contributed by atoms with E-state index < -0.39 is 0 Å². The molecular weight excluding hydrogens is 338 g/mol. The summed E-state index contributed by atoms with van der Waals surface area (Å²) in [6, 6.07) is 16.0. The van der Waals surface area contributed by atoms with Crippen molar-refractivity contribution in [2.75, 3.05) is 25.7 Å². The quantitative estimate of drug-likeness (QED) is 0.493. The number of ether oxygens (including phenoxy) is 2. The van der Waals surface area contributed by atoms with Gasteiger partial charge in [0.15, 0.2) is 5.82 Å². The van der Waals surface area contributed by atoms with Crippen molar-refractivity contribution < 1.29 is 9.47 Å². The number of fused-ring (bicyclic) bond motifs is 1. The molecule has 0 atom stereocenters. The molecule has 1 heterocycles. The van der Waals surface area contributed by atoms with Crippen LogP contribution in [0.25, 0.3) is 10.9 Å². The molecule has 0 bridgehead atoms. The topological polar surface area (TPSA) is 47.5 Å². The summed E-state index contributed by atoms with van der Waals surface area (Å²) < 4.78 is 11.0. The Morgan fingerprint density at radius 3 is 2.48 bits per heavy atom. The van der Waals surface area contributed by atoms with E-state index in [-0.39, 0.29) is 0 Å². The molecule has 0 aliphatic carbocycles. The third-order valence-corrected chi connectivity index (χ3v) is 4.53. The van der Waals surface area contributed by atoms with E-state index in [0.29, 0.717) is 12.4 Å². The number of rotatable bonds is 9. The normalized spacial score (nSPS) is 10.9. The Balaban J connectivity index is 1.87. The zero-order chi connectivity index (χ0) is 19.1. The number of unbranched alkanes of at least 4 members (excludes halogenated alkanes) is 2. The van der Waals surface area contributed by atoms with Crippen LogP contribution in [-0.2, 0) is 11.3 Å². The van der Waals surface area contributed by atoms with Crippen molar-refractivity contribution in [2.24, 2.45) is 0 Å². The summed E-state index contributed by atoms with van der Waals surface area (Å²) in [6.07, 6.45) is 3.44. The molecule has 3 aromatic rings. The first kappa shape index (κ1) is 19.1. The lowest BCUT2D eigenvalue weighted by Crippen LogP contribution is -2.14. The molecule has 142 valence electrons. The summed E-state index contributed by atoms with van der Waals surface area (Å²) in [6.45, 7) is 3.36. The number of methoxy groups -OCH3 is 1. The summed E-state index contributed by atoms with van der Waals surface area (Å²) in [5, 5.41) is 1.02. The minimum Gasteiger partial charge on any atom is -0.497 e. The number of nitrogens with zero attached hydrogens (tertiary/aromatic N) is 3. The van der Waals surface area contributed by atoms with Gasteiger partial charge in [0.05, 0.1) is 12.6 Å². The zero-order valence-corrected chi connectivity index (χ0v) is 16.3. The highest BCUT2D eigenvalue weighted by atomic mass is 16.5. The summed E-state index contributed by atoms with van der Waals surface area (Å²) in [5.41, 5.74) is 1.96. The molecule has 5 nitrogen and oxygen atoms in total. The fraction of sp³-hybridized carbons (Fsp3) is 0.364. The Labute approximate surface area is 161 Å². The Morgan fingerprint density at radius 2 is 1.74 bits per heavy atom. The number of benzene rings is 2. The van der Waals surface area contributed by atoms with E-state index in [1.54, 1.807) is 7.11 Å². The molecule has 0 saturated carbocycles. The monoisotopic (exact) mass is 365 g/mol. The first-order chi connectivity index (χ1) is 13.2. The molecule has 0 amide bonds. The number of hydrogen-bond acceptors (Lipinski definition) is 5. The second kappa shape index (κ2) is 9.33. The van der Waals surface area contributed by atoms with Gasteiger partial charge < -0.3 is 14.4 Å². The molecule has 3 rings (SSSR count). The van der Waals surface area contributed by atoms with Gasteiger partial charge in [-0.1, -0.05) is 31.9 Å². The molecule has 0 aliphatic heterocycles. The lowest BCUT2D eigenvalue weighted by atomic mass is 10.2. The van der Waals surface area contributed by atoms with Gasteiger partial charge in [-0.05, 0) is 42.8 Å². The average Bonchev–Trinajstić information content (AvgIpc) is 2.72. The maximum absolute atomic E-state index is 5.78. The van der Waals surface area contributed by atoms with Crippen molar-refractivity contribution in [3.63, 3.8) is 0 Å². The van der Waals surface area contributed by atoms with Gasteiger partial charge in [-0.15, -0.1) is 0 Å². The highest BCUT2D eigenvalue weighted by Crippen LogP contribution is 2.29. The maximum Gasteiger partial charge on any atom is 0.157 e. The lowest BCUT2D eigenvalue weighted by molar-refractivity contribution is 0.112. The van der Waals surface area contributed by atoms with Crippen LogP contribution in [0.2, 0.25) is 0 Å². The molecule has 1 aromatic heterocycles. The fourth-order valence-electron chi connectivity index (χ4n) is 2.97. The van der Waals surface area contributed by atoms with Gasteiger partial charge in [0.2, 0.25) is 0 Å². The second-order valence-electron chi connectivity index (χ2n) is 6.50. The number of hydrogen-bond donors (Lipinski definition) is 0. The standard InChI is InChI=1S/C22H27N3O2/c1-4-5-8-15-27-16-21-23-20-10-7-6-9-19(20)22(24-21)25(2)17-11-13-18(26-3)14-12-17/h6-7,9-14H,4-5,8,15-16H2,1-3H3. The van der Waals surface area contributed by atoms with Crippen molar-refractivity contribution in [1.29, 1.82) is 0 Å². The maximum atomic E-state index is 5.78. The van der Waals surface area contributed by atoms with Gasteiger partial charge in [-0.25, -0.2) is 9.97 Å². The van der Waals surface area contributed by atoms with E-state index >= 15 is 0 Å². The van der Waals surface area contributed by atoms with Crippen molar-refractivity contribution in [1.82, 2.24) is 9.97 Å². The van der Waals surface area contributed by atoms with Crippen LogP contribution < -0.4 is 9.64 Å². The molecule has 0 unspecified atom stereocenters. The van der Waals surface area contributed by atoms with E-state index in [1.165, 1.54) is 12.8 Å². The zero-order valence-electron chi connectivity index (χ0n) is 16.3. The van der Waals surface area contributed by atoms with Gasteiger partial charge in [0.1, 0.15) is 18.2 Å². The van der Waals surface area contributed by atoms with E-state index in [0.717, 1.165) is 41.2 Å². The third kappa shape index (κ3) is 4.74. The van der Waals surface area contributed by atoms with Gasteiger partial charge >= 0.3 is 0 Å². The average molecular weight is 365 g/mol. The molecule has 27 heavy (non-hydrogen) atoms. The summed E-state index contributed by atoms with van der Waals surface area (Å²) in [5.74, 6) is 2.42. The van der Waals surface area contributed by atoms with Gasteiger partial charge in [-0.3, -0.25) is 0 Å². The smallest absolute Gasteiger partial charge is 0.157 e. The van der Waals surface area contributed by atoms with Crippen LogP contribution in [0.3, 0.4) is 0 Å². The highest BCUT2D eigenvalue weighted by molar-refractivity contribution is 5.91. The lowest BCUT2D eigenvalue weighted by Gasteiger charge is -2.21. The number of para-hydroxylation sites is 1.